The van der Waals surface area contributed by atoms with Crippen LogP contribution in [0.5, 0.6) is 0 Å². The van der Waals surface area contributed by atoms with E-state index in [2.05, 4.69) is 70.1 Å². The van der Waals surface area contributed by atoms with Gasteiger partial charge in [-0.1, -0.05) is 42.5 Å². The van der Waals surface area contributed by atoms with Crippen LogP contribution < -0.4 is 15.5 Å². The quantitative estimate of drug-likeness (QED) is 0.893. The van der Waals surface area contributed by atoms with Gasteiger partial charge in [-0.25, -0.2) is 0 Å². The van der Waals surface area contributed by atoms with Gasteiger partial charge in [0.05, 0.1) is 0 Å². The zero-order valence-electron chi connectivity index (χ0n) is 15.0. The van der Waals surface area contributed by atoms with E-state index in [0.29, 0.717) is 12.1 Å². The molecule has 4 rings (SSSR count). The SMILES string of the molecule is c1ccc(-c2cccc(N3CCC(N[C@@H]4CCCNC4)CC3)c2)cc1. The Hall–Kier alpha value is -1.84. The van der Waals surface area contributed by atoms with Crippen molar-refractivity contribution in [3.05, 3.63) is 54.6 Å². The van der Waals surface area contributed by atoms with Gasteiger partial charge in [-0.2, -0.15) is 0 Å². The third-order valence-electron chi connectivity index (χ3n) is 5.58. The summed E-state index contributed by atoms with van der Waals surface area (Å²) in [7, 11) is 0. The summed E-state index contributed by atoms with van der Waals surface area (Å²) in [5.74, 6) is 0. The molecular formula is C22H29N3. The van der Waals surface area contributed by atoms with Crippen LogP contribution in [0.1, 0.15) is 25.7 Å². The first-order valence-electron chi connectivity index (χ1n) is 9.76. The molecule has 0 aromatic heterocycles. The Labute approximate surface area is 151 Å². The van der Waals surface area contributed by atoms with Crippen molar-refractivity contribution in [2.24, 2.45) is 0 Å². The van der Waals surface area contributed by atoms with Crippen LogP contribution in [-0.2, 0) is 0 Å². The van der Waals surface area contributed by atoms with Gasteiger partial charge in [0, 0.05) is 37.4 Å². The molecular weight excluding hydrogens is 306 g/mol. The summed E-state index contributed by atoms with van der Waals surface area (Å²) in [4.78, 5) is 2.55. The minimum atomic E-state index is 0.673. The molecule has 2 aromatic carbocycles. The first kappa shape index (κ1) is 16.6. The molecule has 0 radical (unpaired) electrons. The number of hydrogen-bond acceptors (Lipinski definition) is 3. The first-order chi connectivity index (χ1) is 12.4. The van der Waals surface area contributed by atoms with E-state index in [1.54, 1.807) is 0 Å². The number of nitrogens with one attached hydrogen (secondary N) is 2. The van der Waals surface area contributed by atoms with E-state index < -0.39 is 0 Å². The molecule has 0 aliphatic carbocycles. The van der Waals surface area contributed by atoms with Crippen LogP contribution in [0.15, 0.2) is 54.6 Å². The third kappa shape index (κ3) is 4.23. The topological polar surface area (TPSA) is 27.3 Å². The number of anilines is 1. The Bertz CT molecular complexity index is 656. The van der Waals surface area contributed by atoms with Gasteiger partial charge in [-0.3, -0.25) is 0 Å². The van der Waals surface area contributed by atoms with E-state index in [-0.39, 0.29) is 0 Å². The molecule has 3 nitrogen and oxygen atoms in total. The zero-order chi connectivity index (χ0) is 16.9. The molecule has 2 aromatic rings. The minimum absolute atomic E-state index is 0.673. The normalized spacial score (nSPS) is 22.1. The summed E-state index contributed by atoms with van der Waals surface area (Å²) in [5, 5.41) is 7.39. The highest BCUT2D eigenvalue weighted by Gasteiger charge is 2.22. The van der Waals surface area contributed by atoms with Crippen LogP contribution in [0.25, 0.3) is 11.1 Å². The molecule has 2 N–H and O–H groups in total. The molecule has 0 saturated carbocycles. The lowest BCUT2D eigenvalue weighted by Gasteiger charge is -2.37. The molecule has 2 saturated heterocycles. The van der Waals surface area contributed by atoms with Gasteiger partial charge >= 0.3 is 0 Å². The smallest absolute Gasteiger partial charge is 0.0372 e. The average Bonchev–Trinajstić information content (AvgIpc) is 2.70. The van der Waals surface area contributed by atoms with E-state index in [1.807, 2.05) is 0 Å². The summed E-state index contributed by atoms with van der Waals surface area (Å²) < 4.78 is 0. The Kier molecular flexibility index (Phi) is 5.34. The Morgan fingerprint density at radius 3 is 2.40 bits per heavy atom. The highest BCUT2D eigenvalue weighted by molar-refractivity contribution is 5.68. The monoisotopic (exact) mass is 335 g/mol. The van der Waals surface area contributed by atoms with Crippen LogP contribution >= 0.6 is 0 Å². The van der Waals surface area contributed by atoms with Gasteiger partial charge < -0.3 is 15.5 Å². The van der Waals surface area contributed by atoms with Gasteiger partial charge in [-0.05, 0) is 55.5 Å². The van der Waals surface area contributed by atoms with Crippen molar-refractivity contribution in [3.63, 3.8) is 0 Å². The lowest BCUT2D eigenvalue weighted by Crippen LogP contribution is -2.51. The predicted octanol–water partition coefficient (Wildman–Crippen LogP) is 3.66. The van der Waals surface area contributed by atoms with E-state index in [4.69, 9.17) is 0 Å². The van der Waals surface area contributed by atoms with E-state index in [9.17, 15) is 0 Å². The molecule has 2 heterocycles. The van der Waals surface area contributed by atoms with Gasteiger partial charge in [0.25, 0.3) is 0 Å². The largest absolute Gasteiger partial charge is 0.371 e. The molecule has 0 unspecified atom stereocenters. The molecule has 0 amide bonds. The lowest BCUT2D eigenvalue weighted by atomic mass is 9.99. The number of piperidine rings is 2. The number of rotatable bonds is 4. The number of nitrogens with zero attached hydrogens (tertiary/aromatic N) is 1. The van der Waals surface area contributed by atoms with Crippen LogP contribution in [0.2, 0.25) is 0 Å². The fraction of sp³-hybridized carbons (Fsp3) is 0.455. The van der Waals surface area contributed by atoms with Gasteiger partial charge in [0.2, 0.25) is 0 Å². The van der Waals surface area contributed by atoms with Crippen molar-refractivity contribution in [2.45, 2.75) is 37.8 Å². The van der Waals surface area contributed by atoms with Crippen LogP contribution in [0.4, 0.5) is 5.69 Å². The molecule has 132 valence electrons. The van der Waals surface area contributed by atoms with Gasteiger partial charge in [0.1, 0.15) is 0 Å². The van der Waals surface area contributed by atoms with Crippen LogP contribution in [-0.4, -0.2) is 38.3 Å². The second-order valence-corrected chi connectivity index (χ2v) is 7.39. The predicted molar refractivity (Wildman–Crippen MR) is 106 cm³/mol. The second-order valence-electron chi connectivity index (χ2n) is 7.39. The summed E-state index contributed by atoms with van der Waals surface area (Å²) in [6.45, 7) is 4.62. The second kappa shape index (κ2) is 8.03. The molecule has 0 bridgehead atoms. The fourth-order valence-electron chi connectivity index (χ4n) is 4.14. The summed E-state index contributed by atoms with van der Waals surface area (Å²) >= 11 is 0. The lowest BCUT2D eigenvalue weighted by molar-refractivity contribution is 0.318. The van der Waals surface area contributed by atoms with E-state index >= 15 is 0 Å². The van der Waals surface area contributed by atoms with Gasteiger partial charge in [0.15, 0.2) is 0 Å². The first-order valence-corrected chi connectivity index (χ1v) is 9.76. The molecule has 2 aliphatic rings. The summed E-state index contributed by atoms with van der Waals surface area (Å²) in [6, 6.07) is 21.0. The van der Waals surface area contributed by atoms with Crippen molar-refractivity contribution in [3.8, 4) is 11.1 Å². The molecule has 2 fully saturated rings. The molecule has 25 heavy (non-hydrogen) atoms. The summed E-state index contributed by atoms with van der Waals surface area (Å²) in [5.41, 5.74) is 3.97. The highest BCUT2D eigenvalue weighted by Crippen LogP contribution is 2.26. The van der Waals surface area contributed by atoms with Crippen molar-refractivity contribution in [2.75, 3.05) is 31.1 Å². The average molecular weight is 335 g/mol. The van der Waals surface area contributed by atoms with Crippen molar-refractivity contribution in [1.29, 1.82) is 0 Å². The Morgan fingerprint density at radius 1 is 0.840 bits per heavy atom. The van der Waals surface area contributed by atoms with E-state index in [1.165, 1.54) is 49.0 Å². The molecule has 1 atom stereocenters. The molecule has 3 heteroatoms. The van der Waals surface area contributed by atoms with Crippen LogP contribution in [0, 0.1) is 0 Å². The number of benzene rings is 2. The maximum atomic E-state index is 3.88. The maximum absolute atomic E-state index is 3.88. The van der Waals surface area contributed by atoms with E-state index in [0.717, 1.165) is 19.6 Å². The highest BCUT2D eigenvalue weighted by atomic mass is 15.2. The number of hydrogen-bond donors (Lipinski definition) is 2. The standard InChI is InChI=1S/C22H29N3/c1-2-6-18(7-3-1)19-8-4-10-22(16-19)25-14-11-20(12-15-25)24-21-9-5-13-23-17-21/h1-4,6-8,10,16,20-21,23-24H,5,9,11-15,17H2/t21-/m1/s1. The Morgan fingerprint density at radius 2 is 1.64 bits per heavy atom. The zero-order valence-corrected chi connectivity index (χ0v) is 15.0. The summed E-state index contributed by atoms with van der Waals surface area (Å²) in [6.07, 6.45) is 5.12. The van der Waals surface area contributed by atoms with Crippen molar-refractivity contribution < 1.29 is 0 Å². The Balaban J connectivity index is 1.36. The maximum Gasteiger partial charge on any atom is 0.0372 e. The molecule has 2 aliphatic heterocycles. The minimum Gasteiger partial charge on any atom is -0.371 e. The van der Waals surface area contributed by atoms with Crippen molar-refractivity contribution >= 4 is 5.69 Å². The van der Waals surface area contributed by atoms with Crippen molar-refractivity contribution in [1.82, 2.24) is 10.6 Å². The fourth-order valence-corrected chi connectivity index (χ4v) is 4.14. The van der Waals surface area contributed by atoms with Crippen LogP contribution in [0.3, 0.4) is 0 Å². The van der Waals surface area contributed by atoms with Gasteiger partial charge in [-0.15, -0.1) is 0 Å². The third-order valence-corrected chi connectivity index (χ3v) is 5.58. The molecule has 0 spiro atoms.